The minimum atomic E-state index is -0.520. The topological polar surface area (TPSA) is 151 Å². The summed E-state index contributed by atoms with van der Waals surface area (Å²) < 4.78 is 16.6. The average Bonchev–Trinajstić information content (AvgIpc) is 3.29. The molecule has 40 heavy (non-hydrogen) atoms. The van der Waals surface area contributed by atoms with E-state index in [9.17, 15) is 4.79 Å². The third kappa shape index (κ3) is 5.74. The van der Waals surface area contributed by atoms with Crippen LogP contribution in [0.1, 0.15) is 37.3 Å². The number of aryl methyl sites for hydroxylation is 1. The molecule has 0 aliphatic carbocycles. The van der Waals surface area contributed by atoms with Gasteiger partial charge in [0.2, 0.25) is 0 Å². The molecule has 3 heterocycles. The predicted molar refractivity (Wildman–Crippen MR) is 158 cm³/mol. The standard InChI is InChI=1S/C29H34ClFN8O/c1-17(32)3-2-4-18-11-22(25(31)23(30)12-18)24-13-19-14-39(28(40)38-26(19)37-24)21-7-5-20(6-8-21)29(15-35-16-29)9-10-36-27(33)34/h5-8,11-14,17,35H,2-4,9-10,15-16,32H2,1H3,(H4,33,34,36)(H,37,38,40)/t17-/m0/s1. The smallest absolute Gasteiger partial charge is 0.354 e. The lowest BCUT2D eigenvalue weighted by Crippen LogP contribution is -2.58. The first kappa shape index (κ1) is 27.8. The van der Waals surface area contributed by atoms with E-state index in [0.29, 0.717) is 34.5 Å². The first-order chi connectivity index (χ1) is 19.1. The number of hydrogen-bond donors (Lipinski definition) is 6. The Hall–Kier alpha value is -3.73. The van der Waals surface area contributed by atoms with Crippen LogP contribution in [0.4, 0.5) is 4.39 Å². The molecule has 0 spiro atoms. The van der Waals surface area contributed by atoms with Crippen molar-refractivity contribution in [3.63, 3.8) is 0 Å². The molecule has 210 valence electrons. The summed E-state index contributed by atoms with van der Waals surface area (Å²) in [5.41, 5.74) is 14.8. The highest BCUT2D eigenvalue weighted by Crippen LogP contribution is 2.33. The number of aromatic amines is 1. The van der Waals surface area contributed by atoms with Crippen LogP contribution in [-0.4, -0.2) is 46.2 Å². The van der Waals surface area contributed by atoms with Crippen LogP contribution in [0.25, 0.3) is 28.0 Å². The first-order valence-corrected chi connectivity index (χ1v) is 13.8. The maximum Gasteiger partial charge on any atom is 0.354 e. The summed E-state index contributed by atoms with van der Waals surface area (Å²) in [6, 6.07) is 13.2. The van der Waals surface area contributed by atoms with Gasteiger partial charge in [0.25, 0.3) is 0 Å². The normalized spacial score (nSPS) is 15.1. The Morgan fingerprint density at radius 2 is 2.02 bits per heavy atom. The Morgan fingerprint density at radius 3 is 2.67 bits per heavy atom. The number of aromatic nitrogens is 3. The van der Waals surface area contributed by atoms with Crippen LogP contribution in [0.2, 0.25) is 5.02 Å². The van der Waals surface area contributed by atoms with Gasteiger partial charge < -0.3 is 27.1 Å². The molecule has 1 saturated heterocycles. The number of halogens is 2. The number of H-pyrrole nitrogens is 1. The van der Waals surface area contributed by atoms with Gasteiger partial charge in [-0.05, 0) is 74.1 Å². The van der Waals surface area contributed by atoms with Gasteiger partial charge in [-0.3, -0.25) is 9.98 Å². The molecular formula is C29H34ClFN8O. The van der Waals surface area contributed by atoms with Crippen LogP contribution < -0.4 is 27.8 Å². The van der Waals surface area contributed by atoms with Crippen LogP contribution in [0, 0.1) is 11.2 Å². The molecule has 0 bridgehead atoms. The Morgan fingerprint density at radius 1 is 1.27 bits per heavy atom. The number of rotatable bonds is 10. The molecular weight excluding hydrogens is 531 g/mol. The zero-order valence-corrected chi connectivity index (χ0v) is 23.1. The maximum atomic E-state index is 15.1. The average molecular weight is 565 g/mol. The zero-order valence-electron chi connectivity index (χ0n) is 22.4. The number of benzene rings is 2. The summed E-state index contributed by atoms with van der Waals surface area (Å²) in [7, 11) is 0. The zero-order chi connectivity index (χ0) is 28.4. The highest BCUT2D eigenvalue weighted by Gasteiger charge is 2.38. The predicted octanol–water partition coefficient (Wildman–Crippen LogP) is 3.56. The van der Waals surface area contributed by atoms with E-state index in [1.54, 1.807) is 24.4 Å². The summed E-state index contributed by atoms with van der Waals surface area (Å²) in [6.45, 7) is 4.24. The van der Waals surface area contributed by atoms with Crippen molar-refractivity contribution in [3.05, 3.63) is 81.1 Å². The fraction of sp³-hybridized carbons (Fsp3) is 0.345. The molecule has 0 radical (unpaired) electrons. The van der Waals surface area contributed by atoms with Gasteiger partial charge >= 0.3 is 5.69 Å². The van der Waals surface area contributed by atoms with E-state index in [1.807, 2.05) is 31.2 Å². The monoisotopic (exact) mass is 564 g/mol. The van der Waals surface area contributed by atoms with Gasteiger partial charge in [-0.15, -0.1) is 0 Å². The van der Waals surface area contributed by atoms with E-state index in [-0.39, 0.29) is 22.4 Å². The van der Waals surface area contributed by atoms with Crippen molar-refractivity contribution in [1.82, 2.24) is 25.2 Å². The van der Waals surface area contributed by atoms with Crippen LogP contribution >= 0.6 is 11.6 Å². The number of nitrogens with one attached hydrogen (secondary N) is 4. The third-order valence-electron chi connectivity index (χ3n) is 7.61. The molecule has 0 unspecified atom stereocenters. The lowest BCUT2D eigenvalue weighted by atomic mass is 9.72. The highest BCUT2D eigenvalue weighted by atomic mass is 35.5. The lowest BCUT2D eigenvalue weighted by molar-refractivity contribution is 0.258. The summed E-state index contributed by atoms with van der Waals surface area (Å²) in [6.07, 6.45) is 5.01. The molecule has 9 nitrogen and oxygen atoms in total. The van der Waals surface area contributed by atoms with Crippen LogP contribution in [0.15, 0.2) is 53.5 Å². The number of fused-ring (bicyclic) bond motifs is 1. The second-order valence-corrected chi connectivity index (χ2v) is 11.1. The van der Waals surface area contributed by atoms with Crippen LogP contribution in [-0.2, 0) is 11.8 Å². The van der Waals surface area contributed by atoms with E-state index >= 15 is 4.39 Å². The first-order valence-electron chi connectivity index (χ1n) is 13.4. The summed E-state index contributed by atoms with van der Waals surface area (Å²) in [5.74, 6) is -0.559. The highest BCUT2D eigenvalue weighted by molar-refractivity contribution is 6.31. The fourth-order valence-electron chi connectivity index (χ4n) is 5.30. The van der Waals surface area contributed by atoms with Gasteiger partial charge in [-0.1, -0.05) is 23.7 Å². The van der Waals surface area contributed by atoms with Crippen molar-refractivity contribution >= 4 is 28.6 Å². The van der Waals surface area contributed by atoms with Gasteiger partial charge in [-0.25, -0.2) is 9.18 Å². The van der Waals surface area contributed by atoms with Crippen molar-refractivity contribution in [1.29, 1.82) is 5.41 Å². The van der Waals surface area contributed by atoms with Gasteiger partial charge in [0, 0.05) is 48.2 Å². The summed E-state index contributed by atoms with van der Waals surface area (Å²) in [5, 5.41) is 14.3. The minimum absolute atomic E-state index is 0.0383. The molecule has 5 rings (SSSR count). The van der Waals surface area contributed by atoms with Crippen molar-refractivity contribution in [2.24, 2.45) is 11.5 Å². The third-order valence-corrected chi connectivity index (χ3v) is 7.89. The maximum absolute atomic E-state index is 15.1. The molecule has 2 aromatic heterocycles. The van der Waals surface area contributed by atoms with Crippen LogP contribution in [0.5, 0.6) is 0 Å². The van der Waals surface area contributed by atoms with Gasteiger partial charge in [0.15, 0.2) is 11.8 Å². The molecule has 2 aromatic carbocycles. The number of guanidine groups is 1. The molecule has 1 fully saturated rings. The van der Waals surface area contributed by atoms with Crippen molar-refractivity contribution < 1.29 is 4.39 Å². The Labute approximate surface area is 236 Å². The van der Waals surface area contributed by atoms with Gasteiger partial charge in [0.1, 0.15) is 5.65 Å². The number of nitrogens with two attached hydrogens (primary N) is 2. The summed E-state index contributed by atoms with van der Waals surface area (Å²) in [4.78, 5) is 20.3. The number of nitrogens with zero attached hydrogens (tertiary/aromatic N) is 2. The molecule has 1 aliphatic rings. The van der Waals surface area contributed by atoms with E-state index in [2.05, 4.69) is 20.6 Å². The number of hydrogen-bond acceptors (Lipinski definition) is 5. The van der Waals surface area contributed by atoms with Crippen LogP contribution in [0.3, 0.4) is 0 Å². The van der Waals surface area contributed by atoms with Gasteiger partial charge in [-0.2, -0.15) is 4.98 Å². The Kier molecular flexibility index (Phi) is 7.93. The van der Waals surface area contributed by atoms with E-state index < -0.39 is 11.5 Å². The lowest BCUT2D eigenvalue weighted by Gasteiger charge is -2.43. The quantitative estimate of drug-likeness (QED) is 0.128. The Balaban J connectivity index is 1.41. The SMILES string of the molecule is C[C@H](N)CCCc1cc(Cl)c(F)c(-c2cc3cn(-c4ccc(C5(CCNC(=N)N)CNC5)cc4)c(=O)nc3[nH]2)c1. The molecule has 1 atom stereocenters. The molecule has 11 heteroatoms. The van der Waals surface area contributed by atoms with Crippen molar-refractivity contribution in [3.8, 4) is 16.9 Å². The molecule has 0 amide bonds. The van der Waals surface area contributed by atoms with E-state index in [4.69, 9.17) is 28.5 Å². The minimum Gasteiger partial charge on any atom is -0.370 e. The van der Waals surface area contributed by atoms with Crippen molar-refractivity contribution in [2.45, 2.75) is 44.1 Å². The Bertz CT molecular complexity index is 1590. The molecule has 4 aromatic rings. The molecule has 8 N–H and O–H groups in total. The molecule has 0 saturated carbocycles. The van der Waals surface area contributed by atoms with Crippen molar-refractivity contribution in [2.75, 3.05) is 19.6 Å². The van der Waals surface area contributed by atoms with E-state index in [1.165, 1.54) is 4.57 Å². The summed E-state index contributed by atoms with van der Waals surface area (Å²) >= 11 is 6.24. The second-order valence-electron chi connectivity index (χ2n) is 10.7. The fourth-order valence-corrected chi connectivity index (χ4v) is 5.54. The largest absolute Gasteiger partial charge is 0.370 e. The molecule has 1 aliphatic heterocycles. The second kappa shape index (κ2) is 11.4. The van der Waals surface area contributed by atoms with Gasteiger partial charge in [0.05, 0.1) is 16.4 Å². The van der Waals surface area contributed by atoms with E-state index in [0.717, 1.165) is 49.9 Å².